The van der Waals surface area contributed by atoms with Crippen LogP contribution >= 0.6 is 0 Å². The van der Waals surface area contributed by atoms with Crippen LogP contribution in [-0.4, -0.2) is 61.9 Å². The maximum Gasteiger partial charge on any atom is 0.335 e. The molecule has 0 spiro atoms. The van der Waals surface area contributed by atoms with Gasteiger partial charge in [0.15, 0.2) is 0 Å². The summed E-state index contributed by atoms with van der Waals surface area (Å²) in [4.78, 5) is 14.1. The summed E-state index contributed by atoms with van der Waals surface area (Å²) in [6.07, 6.45) is 16.3. The van der Waals surface area contributed by atoms with Crippen molar-refractivity contribution < 1.29 is 14.6 Å². The summed E-state index contributed by atoms with van der Waals surface area (Å²) >= 11 is 0. The molecule has 5 nitrogen and oxygen atoms in total. The average molecular weight is 617 g/mol. The van der Waals surface area contributed by atoms with Crippen molar-refractivity contribution in [3.8, 4) is 0 Å². The molecule has 1 saturated heterocycles. The molecule has 0 bridgehead atoms. The van der Waals surface area contributed by atoms with Gasteiger partial charge in [-0.2, -0.15) is 0 Å². The van der Waals surface area contributed by atoms with Gasteiger partial charge in [-0.15, -0.1) is 0 Å². The number of fused-ring (bicyclic) bond motifs is 7. The van der Waals surface area contributed by atoms with Crippen molar-refractivity contribution in [1.29, 1.82) is 0 Å². The van der Waals surface area contributed by atoms with Crippen molar-refractivity contribution in [2.45, 2.75) is 98.8 Å². The highest BCUT2D eigenvalue weighted by Crippen LogP contribution is 2.77. The lowest BCUT2D eigenvalue weighted by Crippen LogP contribution is -2.65. The van der Waals surface area contributed by atoms with Crippen molar-refractivity contribution in [3.05, 3.63) is 41.5 Å². The first kappa shape index (κ1) is 31.9. The molecule has 1 heterocycles. The molecular weight excluding hydrogens is 556 g/mol. The first-order chi connectivity index (χ1) is 21.4. The van der Waals surface area contributed by atoms with Gasteiger partial charge in [-0.05, 0) is 132 Å². The van der Waals surface area contributed by atoms with E-state index in [1.54, 1.807) is 12.1 Å². The molecule has 0 amide bonds. The molecule has 4 saturated carbocycles. The molecule has 45 heavy (non-hydrogen) atoms. The predicted molar refractivity (Wildman–Crippen MR) is 182 cm³/mol. The monoisotopic (exact) mass is 616 g/mol. The fourth-order valence-electron chi connectivity index (χ4n) is 13.3. The molecule has 8 atom stereocenters. The lowest BCUT2D eigenvalue weighted by Gasteiger charge is -2.72. The standard InChI is InChI=1S/C40H60N2O3/c1-36(2)30(28-8-10-29(11-9-28)35(43)44)14-17-37(3)33(36)15-18-39(5)34(37)13-12-31-32-7-6-16-40(32,20-19-38(31,39)4)27-41-21-22-42-23-25-45-26-24-42/h8-11,14,31-34,41H,6-7,12-13,15-27H2,1-5H3,(H,43,44)/t31?,32?,33?,34?,37-,38+,39+,40?/m0/s1. The molecule has 5 heteroatoms. The van der Waals surface area contributed by atoms with Gasteiger partial charge in [-0.1, -0.05) is 59.2 Å². The highest BCUT2D eigenvalue weighted by Gasteiger charge is 2.69. The van der Waals surface area contributed by atoms with Crippen LogP contribution in [0.5, 0.6) is 0 Å². The number of carboxylic acid groups (broad SMARTS) is 1. The zero-order chi connectivity index (χ0) is 31.7. The number of nitrogens with zero attached hydrogens (tertiary/aromatic N) is 1. The number of nitrogens with one attached hydrogen (secondary N) is 1. The molecule has 7 rings (SSSR count). The number of hydrogen-bond donors (Lipinski definition) is 2. The summed E-state index contributed by atoms with van der Waals surface area (Å²) in [5.41, 5.74) is 4.72. The van der Waals surface area contributed by atoms with Crippen molar-refractivity contribution in [2.24, 2.45) is 50.7 Å². The summed E-state index contributed by atoms with van der Waals surface area (Å²) in [6, 6.07) is 7.67. The molecule has 5 unspecified atom stereocenters. The minimum Gasteiger partial charge on any atom is -0.478 e. The summed E-state index contributed by atoms with van der Waals surface area (Å²) in [5, 5.41) is 13.4. The van der Waals surface area contributed by atoms with Gasteiger partial charge in [0.05, 0.1) is 18.8 Å². The Morgan fingerprint density at radius 1 is 0.889 bits per heavy atom. The van der Waals surface area contributed by atoms with Crippen LogP contribution in [-0.2, 0) is 4.74 Å². The summed E-state index contributed by atoms with van der Waals surface area (Å²) in [7, 11) is 0. The first-order valence-electron chi connectivity index (χ1n) is 18.5. The minimum absolute atomic E-state index is 0.0664. The SMILES string of the molecule is CC1(C)C(c2ccc(C(=O)O)cc2)=CC[C@@]2(C)C1CC[C@]1(C)C2CCC2C3CCCC3(CNCCN3CCOCC3)CC[C@]21C. The van der Waals surface area contributed by atoms with Crippen molar-refractivity contribution >= 4 is 11.5 Å². The van der Waals surface area contributed by atoms with Gasteiger partial charge >= 0.3 is 5.97 Å². The van der Waals surface area contributed by atoms with Gasteiger partial charge in [-0.3, -0.25) is 4.90 Å². The van der Waals surface area contributed by atoms with E-state index in [0.717, 1.165) is 63.6 Å². The van der Waals surface area contributed by atoms with Crippen LogP contribution in [0.15, 0.2) is 30.3 Å². The Bertz CT molecular complexity index is 1300. The van der Waals surface area contributed by atoms with Gasteiger partial charge < -0.3 is 15.2 Å². The fraction of sp³-hybridized carbons (Fsp3) is 0.775. The highest BCUT2D eigenvalue weighted by atomic mass is 16.5. The van der Waals surface area contributed by atoms with E-state index in [-0.39, 0.29) is 5.41 Å². The van der Waals surface area contributed by atoms with Crippen LogP contribution in [0.2, 0.25) is 0 Å². The van der Waals surface area contributed by atoms with Gasteiger partial charge in [-0.25, -0.2) is 4.79 Å². The average Bonchev–Trinajstić information content (AvgIpc) is 3.44. The number of carbonyl (C=O) groups is 1. The molecule has 0 aromatic heterocycles. The Morgan fingerprint density at radius 3 is 2.38 bits per heavy atom. The minimum atomic E-state index is -0.848. The molecule has 5 aliphatic carbocycles. The third kappa shape index (κ3) is 4.91. The van der Waals surface area contributed by atoms with Crippen molar-refractivity contribution in [1.82, 2.24) is 10.2 Å². The molecule has 1 aromatic carbocycles. The molecule has 6 aliphatic rings. The zero-order valence-electron chi connectivity index (χ0n) is 28.9. The normalized spacial score (nSPS) is 42.6. The number of hydrogen-bond acceptors (Lipinski definition) is 4. The third-order valence-electron chi connectivity index (χ3n) is 15.7. The van der Waals surface area contributed by atoms with E-state index >= 15 is 0 Å². The van der Waals surface area contributed by atoms with Gasteiger partial charge in [0.1, 0.15) is 0 Å². The van der Waals surface area contributed by atoms with E-state index in [1.165, 1.54) is 75.5 Å². The van der Waals surface area contributed by atoms with Gasteiger partial charge in [0.2, 0.25) is 0 Å². The summed E-state index contributed by atoms with van der Waals surface area (Å²) < 4.78 is 5.56. The largest absolute Gasteiger partial charge is 0.478 e. The second-order valence-corrected chi connectivity index (χ2v) is 17.6. The number of benzene rings is 1. The van der Waals surface area contributed by atoms with Crippen LogP contribution in [0.25, 0.3) is 5.57 Å². The second kappa shape index (κ2) is 11.5. The predicted octanol–water partition coefficient (Wildman–Crippen LogP) is 8.16. The van der Waals surface area contributed by atoms with Gasteiger partial charge in [0.25, 0.3) is 0 Å². The topological polar surface area (TPSA) is 61.8 Å². The van der Waals surface area contributed by atoms with Crippen LogP contribution in [0.1, 0.15) is 115 Å². The Labute approximate surface area is 272 Å². The Morgan fingerprint density at radius 2 is 1.64 bits per heavy atom. The first-order valence-corrected chi connectivity index (χ1v) is 18.5. The molecule has 1 aromatic rings. The fourth-order valence-corrected chi connectivity index (χ4v) is 13.3. The van der Waals surface area contributed by atoms with Crippen molar-refractivity contribution in [3.63, 3.8) is 0 Å². The Balaban J connectivity index is 1.10. The lowest BCUT2D eigenvalue weighted by molar-refractivity contribution is -0.222. The van der Waals surface area contributed by atoms with Crippen LogP contribution in [0, 0.1) is 50.7 Å². The van der Waals surface area contributed by atoms with E-state index in [4.69, 9.17) is 4.74 Å². The quantitative estimate of drug-likeness (QED) is 0.303. The molecule has 2 N–H and O–H groups in total. The number of carboxylic acids is 1. The Kier molecular flexibility index (Phi) is 8.13. The molecule has 248 valence electrons. The highest BCUT2D eigenvalue weighted by molar-refractivity contribution is 5.88. The number of aromatic carboxylic acids is 1. The second-order valence-electron chi connectivity index (χ2n) is 17.6. The number of morpholine rings is 1. The molecular formula is C40H60N2O3. The van der Waals surface area contributed by atoms with E-state index in [1.807, 2.05) is 12.1 Å². The summed E-state index contributed by atoms with van der Waals surface area (Å²) in [5.74, 6) is 2.31. The third-order valence-corrected chi connectivity index (χ3v) is 15.7. The lowest BCUT2D eigenvalue weighted by atomic mass is 9.32. The zero-order valence-corrected chi connectivity index (χ0v) is 28.9. The summed E-state index contributed by atoms with van der Waals surface area (Å²) in [6.45, 7) is 20.6. The molecule has 1 aliphatic heterocycles. The maximum absolute atomic E-state index is 11.5. The van der Waals surface area contributed by atoms with E-state index in [9.17, 15) is 9.90 Å². The Hall–Kier alpha value is -1.69. The molecule has 0 radical (unpaired) electrons. The van der Waals surface area contributed by atoms with Gasteiger partial charge in [0, 0.05) is 32.7 Å². The van der Waals surface area contributed by atoms with E-state index < -0.39 is 5.97 Å². The van der Waals surface area contributed by atoms with E-state index in [0.29, 0.717) is 33.1 Å². The molecule has 5 fully saturated rings. The number of rotatable bonds is 7. The van der Waals surface area contributed by atoms with E-state index in [2.05, 4.69) is 50.9 Å². The van der Waals surface area contributed by atoms with Crippen LogP contribution in [0.3, 0.4) is 0 Å². The number of ether oxygens (including phenoxy) is 1. The van der Waals surface area contributed by atoms with Crippen LogP contribution in [0.4, 0.5) is 0 Å². The van der Waals surface area contributed by atoms with Crippen molar-refractivity contribution in [2.75, 3.05) is 45.9 Å². The maximum atomic E-state index is 11.5. The smallest absolute Gasteiger partial charge is 0.335 e. The van der Waals surface area contributed by atoms with Crippen LogP contribution < -0.4 is 5.32 Å². The number of allylic oxidation sites excluding steroid dienone is 2.